The van der Waals surface area contributed by atoms with Crippen molar-refractivity contribution in [1.29, 1.82) is 0 Å². The highest BCUT2D eigenvalue weighted by atomic mass is 16.2. The predicted octanol–water partition coefficient (Wildman–Crippen LogP) is 2.88. The number of para-hydroxylation sites is 1. The van der Waals surface area contributed by atoms with Gasteiger partial charge in [0.05, 0.1) is 5.69 Å². The van der Waals surface area contributed by atoms with E-state index in [2.05, 4.69) is 16.7 Å². The topological polar surface area (TPSA) is 61.4 Å². The van der Waals surface area contributed by atoms with Gasteiger partial charge in [0.2, 0.25) is 0 Å². The zero-order valence-corrected chi connectivity index (χ0v) is 13.6. The number of nitrogens with zero attached hydrogens (tertiary/aromatic N) is 1. The largest absolute Gasteiger partial charge is 0.352 e. The summed E-state index contributed by atoms with van der Waals surface area (Å²) >= 11 is 0. The number of hydrogen-bond donors (Lipinski definition) is 2. The first-order chi connectivity index (χ1) is 11.6. The number of urea groups is 1. The molecule has 122 valence electrons. The molecule has 0 atom stereocenters. The molecule has 0 spiro atoms. The summed E-state index contributed by atoms with van der Waals surface area (Å²) in [7, 11) is 0. The molecule has 0 aliphatic carbocycles. The Balaban J connectivity index is 1.63. The van der Waals surface area contributed by atoms with E-state index < -0.39 is 0 Å². The molecule has 2 aliphatic heterocycles. The lowest BCUT2D eigenvalue weighted by Crippen LogP contribution is -2.36. The minimum absolute atomic E-state index is 0.0743. The number of benzene rings is 2. The number of amides is 3. The van der Waals surface area contributed by atoms with Gasteiger partial charge in [-0.1, -0.05) is 24.3 Å². The number of fused-ring (bicyclic) bond motifs is 2. The van der Waals surface area contributed by atoms with Gasteiger partial charge < -0.3 is 10.6 Å². The van der Waals surface area contributed by atoms with Crippen molar-refractivity contribution in [2.45, 2.75) is 19.8 Å². The average Bonchev–Trinajstić information content (AvgIpc) is 3.01. The molecule has 0 aromatic heterocycles. The zero-order valence-electron chi connectivity index (χ0n) is 13.6. The number of aryl methyl sites for hydroxylation is 1. The normalized spacial score (nSPS) is 15.5. The Hall–Kier alpha value is -2.82. The van der Waals surface area contributed by atoms with Crippen molar-refractivity contribution in [3.8, 4) is 0 Å². The standard InChI is InChI=1S/C19H19N3O2/c1-12-4-2-5-13-9-11-22(17(12)13)19(24)21-16-7-3-6-15-14(16)8-10-20-18(15)23/h2-7H,8-11H2,1H3,(H,20,23)(H,21,24). The molecule has 0 saturated heterocycles. The fraction of sp³-hybridized carbons (Fsp3) is 0.263. The number of hydrogen-bond acceptors (Lipinski definition) is 2. The summed E-state index contributed by atoms with van der Waals surface area (Å²) in [5.41, 5.74) is 5.62. The third kappa shape index (κ3) is 2.33. The van der Waals surface area contributed by atoms with Gasteiger partial charge in [-0.05, 0) is 48.6 Å². The second-order valence-electron chi connectivity index (χ2n) is 6.25. The first kappa shape index (κ1) is 14.8. The van der Waals surface area contributed by atoms with Crippen LogP contribution >= 0.6 is 0 Å². The number of nitrogens with one attached hydrogen (secondary N) is 2. The van der Waals surface area contributed by atoms with Crippen molar-refractivity contribution in [3.63, 3.8) is 0 Å². The van der Waals surface area contributed by atoms with Crippen molar-refractivity contribution in [2.75, 3.05) is 23.3 Å². The summed E-state index contributed by atoms with van der Waals surface area (Å²) < 4.78 is 0. The second-order valence-corrected chi connectivity index (χ2v) is 6.25. The lowest BCUT2D eigenvalue weighted by Gasteiger charge is -2.23. The molecular weight excluding hydrogens is 302 g/mol. The molecule has 24 heavy (non-hydrogen) atoms. The van der Waals surface area contributed by atoms with Crippen LogP contribution in [0.4, 0.5) is 16.2 Å². The van der Waals surface area contributed by atoms with Crippen LogP contribution in [0, 0.1) is 6.92 Å². The third-order valence-electron chi connectivity index (χ3n) is 4.76. The monoisotopic (exact) mass is 321 g/mol. The summed E-state index contributed by atoms with van der Waals surface area (Å²) in [4.78, 5) is 26.6. The van der Waals surface area contributed by atoms with E-state index >= 15 is 0 Å². The Morgan fingerprint density at radius 1 is 1.17 bits per heavy atom. The Labute approximate surface area is 140 Å². The maximum atomic E-state index is 12.8. The molecule has 5 heteroatoms. The minimum Gasteiger partial charge on any atom is -0.352 e. The first-order valence-corrected chi connectivity index (χ1v) is 8.22. The average molecular weight is 321 g/mol. The molecule has 2 aliphatic rings. The summed E-state index contributed by atoms with van der Waals surface area (Å²) in [6.45, 7) is 3.31. The Kier molecular flexibility index (Phi) is 3.49. The second kappa shape index (κ2) is 5.67. The first-order valence-electron chi connectivity index (χ1n) is 8.22. The molecule has 0 fully saturated rings. The van der Waals surface area contributed by atoms with E-state index in [0.29, 0.717) is 18.7 Å². The molecule has 2 aromatic rings. The summed E-state index contributed by atoms with van der Waals surface area (Å²) in [5, 5.41) is 5.84. The van der Waals surface area contributed by atoms with Crippen LogP contribution in [0.1, 0.15) is 27.0 Å². The maximum absolute atomic E-state index is 12.8. The third-order valence-corrected chi connectivity index (χ3v) is 4.76. The van der Waals surface area contributed by atoms with Gasteiger partial charge in [0.1, 0.15) is 0 Å². The highest BCUT2D eigenvalue weighted by Crippen LogP contribution is 2.32. The quantitative estimate of drug-likeness (QED) is 0.848. The van der Waals surface area contributed by atoms with Crippen molar-refractivity contribution in [1.82, 2.24) is 5.32 Å². The number of carbonyl (C=O) groups is 2. The number of rotatable bonds is 1. The molecule has 5 nitrogen and oxygen atoms in total. The Morgan fingerprint density at radius 3 is 2.88 bits per heavy atom. The SMILES string of the molecule is Cc1cccc2c1N(C(=O)Nc1cccc3c1CCNC3=O)CC2. The maximum Gasteiger partial charge on any atom is 0.326 e. The molecule has 3 amide bonds. The van der Waals surface area contributed by atoms with Crippen LogP contribution in [0.3, 0.4) is 0 Å². The smallest absolute Gasteiger partial charge is 0.326 e. The van der Waals surface area contributed by atoms with E-state index in [-0.39, 0.29) is 11.9 Å². The molecule has 2 aromatic carbocycles. The van der Waals surface area contributed by atoms with E-state index in [1.54, 1.807) is 11.0 Å². The molecule has 2 N–H and O–H groups in total. The predicted molar refractivity (Wildman–Crippen MR) is 93.7 cm³/mol. The molecule has 0 unspecified atom stereocenters. The van der Waals surface area contributed by atoms with Gasteiger partial charge in [-0.2, -0.15) is 0 Å². The van der Waals surface area contributed by atoms with Crippen LogP contribution in [0.2, 0.25) is 0 Å². The van der Waals surface area contributed by atoms with Crippen LogP contribution in [-0.4, -0.2) is 25.0 Å². The fourth-order valence-corrected chi connectivity index (χ4v) is 3.62. The van der Waals surface area contributed by atoms with Crippen LogP contribution in [-0.2, 0) is 12.8 Å². The van der Waals surface area contributed by atoms with Crippen molar-refractivity contribution >= 4 is 23.3 Å². The van der Waals surface area contributed by atoms with Gasteiger partial charge >= 0.3 is 6.03 Å². The highest BCUT2D eigenvalue weighted by molar-refractivity contribution is 6.05. The molecule has 0 saturated carbocycles. The highest BCUT2D eigenvalue weighted by Gasteiger charge is 2.27. The zero-order chi connectivity index (χ0) is 16.7. The van der Waals surface area contributed by atoms with Gasteiger partial charge in [-0.25, -0.2) is 4.79 Å². The van der Waals surface area contributed by atoms with Crippen molar-refractivity contribution in [2.24, 2.45) is 0 Å². The van der Waals surface area contributed by atoms with Crippen molar-refractivity contribution in [3.05, 3.63) is 58.7 Å². The molecule has 0 radical (unpaired) electrons. The van der Waals surface area contributed by atoms with E-state index in [0.717, 1.165) is 35.3 Å². The van der Waals surface area contributed by atoms with Gasteiger partial charge in [-0.15, -0.1) is 0 Å². The lowest BCUT2D eigenvalue weighted by atomic mass is 9.98. The molecule has 4 rings (SSSR count). The van der Waals surface area contributed by atoms with Crippen molar-refractivity contribution < 1.29 is 9.59 Å². The minimum atomic E-state index is -0.137. The summed E-state index contributed by atoms with van der Waals surface area (Å²) in [5.74, 6) is -0.0743. The van der Waals surface area contributed by atoms with Crippen LogP contribution in [0.25, 0.3) is 0 Å². The van der Waals surface area contributed by atoms with E-state index in [4.69, 9.17) is 0 Å². The van der Waals surface area contributed by atoms with E-state index in [1.165, 1.54) is 5.56 Å². The Morgan fingerprint density at radius 2 is 2.00 bits per heavy atom. The Bertz CT molecular complexity index is 845. The van der Waals surface area contributed by atoms with Gasteiger partial charge in [0, 0.05) is 24.3 Å². The van der Waals surface area contributed by atoms with E-state index in [1.807, 2.05) is 31.2 Å². The van der Waals surface area contributed by atoms with Gasteiger partial charge in [0.25, 0.3) is 5.91 Å². The summed E-state index contributed by atoms with van der Waals surface area (Å²) in [6, 6.07) is 11.5. The molecular formula is C19H19N3O2. The number of carbonyl (C=O) groups excluding carboxylic acids is 2. The van der Waals surface area contributed by atoms with Crippen LogP contribution < -0.4 is 15.5 Å². The molecule has 2 heterocycles. The number of anilines is 2. The van der Waals surface area contributed by atoms with E-state index in [9.17, 15) is 9.59 Å². The molecule has 0 bridgehead atoms. The van der Waals surface area contributed by atoms with Gasteiger partial charge in [-0.3, -0.25) is 9.69 Å². The van der Waals surface area contributed by atoms with Crippen LogP contribution in [0.5, 0.6) is 0 Å². The van der Waals surface area contributed by atoms with Crippen LogP contribution in [0.15, 0.2) is 36.4 Å². The van der Waals surface area contributed by atoms with Gasteiger partial charge in [0.15, 0.2) is 0 Å². The summed E-state index contributed by atoms with van der Waals surface area (Å²) in [6.07, 6.45) is 1.60. The lowest BCUT2D eigenvalue weighted by molar-refractivity contribution is 0.0946. The fourth-order valence-electron chi connectivity index (χ4n) is 3.62.